The summed E-state index contributed by atoms with van der Waals surface area (Å²) in [4.78, 5) is 12.8. The third-order valence-electron chi connectivity index (χ3n) is 2.77. The van der Waals surface area contributed by atoms with Gasteiger partial charge in [-0.25, -0.2) is 9.97 Å². The minimum absolute atomic E-state index is 0.00483. The Kier molecular flexibility index (Phi) is 4.36. The standard InChI is InChI=1S/C14H17N3O/c1-2-3-13-12(10-18)9-16-14(17-13)8-11-4-6-15-7-5-11/h4-7,9,18H,2-3,8,10H2,1H3. The van der Waals surface area contributed by atoms with E-state index in [4.69, 9.17) is 0 Å². The maximum atomic E-state index is 9.24. The first kappa shape index (κ1) is 12.6. The van der Waals surface area contributed by atoms with Gasteiger partial charge in [-0.05, 0) is 24.1 Å². The van der Waals surface area contributed by atoms with Crippen LogP contribution in [0.3, 0.4) is 0 Å². The molecule has 18 heavy (non-hydrogen) atoms. The van der Waals surface area contributed by atoms with E-state index in [1.807, 2.05) is 12.1 Å². The summed E-state index contributed by atoms with van der Waals surface area (Å²) in [5, 5.41) is 9.24. The second-order valence-electron chi connectivity index (χ2n) is 4.20. The normalized spacial score (nSPS) is 10.6. The SMILES string of the molecule is CCCc1nc(Cc2ccncc2)ncc1CO. The van der Waals surface area contributed by atoms with Crippen molar-refractivity contribution >= 4 is 0 Å². The summed E-state index contributed by atoms with van der Waals surface area (Å²) in [6, 6.07) is 3.92. The van der Waals surface area contributed by atoms with E-state index < -0.39 is 0 Å². The van der Waals surface area contributed by atoms with Gasteiger partial charge in [0.25, 0.3) is 0 Å². The van der Waals surface area contributed by atoms with E-state index in [1.54, 1.807) is 18.6 Å². The molecule has 0 fully saturated rings. The summed E-state index contributed by atoms with van der Waals surface area (Å²) in [7, 11) is 0. The molecule has 0 amide bonds. The number of pyridine rings is 1. The Labute approximate surface area is 107 Å². The van der Waals surface area contributed by atoms with E-state index >= 15 is 0 Å². The summed E-state index contributed by atoms with van der Waals surface area (Å²) < 4.78 is 0. The Morgan fingerprint density at radius 1 is 1.22 bits per heavy atom. The first-order chi connectivity index (χ1) is 8.83. The average molecular weight is 243 g/mol. The molecule has 0 bridgehead atoms. The summed E-state index contributed by atoms with van der Waals surface area (Å²) in [5.41, 5.74) is 2.93. The molecule has 0 aliphatic rings. The van der Waals surface area contributed by atoms with Gasteiger partial charge in [-0.15, -0.1) is 0 Å². The monoisotopic (exact) mass is 243 g/mol. The molecule has 0 spiro atoms. The van der Waals surface area contributed by atoms with Crippen LogP contribution in [-0.2, 0) is 19.4 Å². The second kappa shape index (κ2) is 6.21. The van der Waals surface area contributed by atoms with E-state index in [1.165, 1.54) is 0 Å². The number of aliphatic hydroxyl groups excluding tert-OH is 1. The van der Waals surface area contributed by atoms with Gasteiger partial charge in [0.1, 0.15) is 5.82 Å². The van der Waals surface area contributed by atoms with Crippen LogP contribution < -0.4 is 0 Å². The molecule has 0 unspecified atom stereocenters. The van der Waals surface area contributed by atoms with Crippen LogP contribution in [0, 0.1) is 0 Å². The quantitative estimate of drug-likeness (QED) is 0.871. The Bertz CT molecular complexity index is 500. The number of aryl methyl sites for hydroxylation is 1. The van der Waals surface area contributed by atoms with Crippen LogP contribution in [0.25, 0.3) is 0 Å². The molecular formula is C14H17N3O. The van der Waals surface area contributed by atoms with Crippen molar-refractivity contribution in [1.29, 1.82) is 0 Å². The maximum Gasteiger partial charge on any atom is 0.132 e. The summed E-state index contributed by atoms with van der Waals surface area (Å²) in [6.07, 6.45) is 7.86. The molecule has 94 valence electrons. The van der Waals surface area contributed by atoms with E-state index in [0.29, 0.717) is 6.42 Å². The fourth-order valence-corrected chi connectivity index (χ4v) is 1.84. The highest BCUT2D eigenvalue weighted by Crippen LogP contribution is 2.10. The smallest absolute Gasteiger partial charge is 0.132 e. The number of aromatic nitrogens is 3. The first-order valence-electron chi connectivity index (χ1n) is 6.17. The van der Waals surface area contributed by atoms with Crippen LogP contribution in [-0.4, -0.2) is 20.1 Å². The maximum absolute atomic E-state index is 9.24. The van der Waals surface area contributed by atoms with Crippen LogP contribution in [0.5, 0.6) is 0 Å². The van der Waals surface area contributed by atoms with Crippen LogP contribution >= 0.6 is 0 Å². The molecule has 0 aliphatic heterocycles. The molecule has 0 atom stereocenters. The first-order valence-corrected chi connectivity index (χ1v) is 6.17. The number of hydrogen-bond donors (Lipinski definition) is 1. The van der Waals surface area contributed by atoms with Gasteiger partial charge in [-0.3, -0.25) is 4.98 Å². The summed E-state index contributed by atoms with van der Waals surface area (Å²) in [5.74, 6) is 0.793. The van der Waals surface area contributed by atoms with Crippen molar-refractivity contribution in [2.24, 2.45) is 0 Å². The zero-order valence-electron chi connectivity index (χ0n) is 10.5. The van der Waals surface area contributed by atoms with Crippen molar-refractivity contribution in [2.75, 3.05) is 0 Å². The summed E-state index contributed by atoms with van der Waals surface area (Å²) in [6.45, 7) is 2.11. The molecule has 2 rings (SSSR count). The third-order valence-corrected chi connectivity index (χ3v) is 2.77. The largest absolute Gasteiger partial charge is 0.392 e. The van der Waals surface area contributed by atoms with Crippen LogP contribution in [0.4, 0.5) is 0 Å². The molecule has 4 heteroatoms. The van der Waals surface area contributed by atoms with Gasteiger partial charge in [0, 0.05) is 36.3 Å². The van der Waals surface area contributed by atoms with E-state index in [0.717, 1.165) is 35.5 Å². The van der Waals surface area contributed by atoms with Crippen LogP contribution in [0.2, 0.25) is 0 Å². The van der Waals surface area contributed by atoms with Crippen molar-refractivity contribution < 1.29 is 5.11 Å². The van der Waals surface area contributed by atoms with E-state index in [2.05, 4.69) is 21.9 Å². The Morgan fingerprint density at radius 2 is 2.00 bits per heavy atom. The fraction of sp³-hybridized carbons (Fsp3) is 0.357. The predicted molar refractivity (Wildman–Crippen MR) is 69.0 cm³/mol. The number of hydrogen-bond acceptors (Lipinski definition) is 4. The lowest BCUT2D eigenvalue weighted by atomic mass is 10.1. The average Bonchev–Trinajstić information content (AvgIpc) is 2.41. The number of rotatable bonds is 5. The minimum Gasteiger partial charge on any atom is -0.392 e. The lowest BCUT2D eigenvalue weighted by molar-refractivity contribution is 0.279. The highest BCUT2D eigenvalue weighted by molar-refractivity contribution is 5.20. The molecule has 4 nitrogen and oxygen atoms in total. The summed E-state index contributed by atoms with van der Waals surface area (Å²) >= 11 is 0. The molecule has 2 aromatic heterocycles. The molecule has 0 radical (unpaired) electrons. The fourth-order valence-electron chi connectivity index (χ4n) is 1.84. The van der Waals surface area contributed by atoms with Gasteiger partial charge in [-0.2, -0.15) is 0 Å². The van der Waals surface area contributed by atoms with Gasteiger partial charge >= 0.3 is 0 Å². The zero-order valence-corrected chi connectivity index (χ0v) is 10.5. The van der Waals surface area contributed by atoms with Crippen molar-refractivity contribution in [2.45, 2.75) is 32.8 Å². The second-order valence-corrected chi connectivity index (χ2v) is 4.20. The molecule has 0 aliphatic carbocycles. The lowest BCUT2D eigenvalue weighted by Crippen LogP contribution is -2.05. The van der Waals surface area contributed by atoms with Gasteiger partial charge in [-0.1, -0.05) is 13.3 Å². The predicted octanol–water partition coefficient (Wildman–Crippen LogP) is 1.91. The molecule has 2 aromatic rings. The van der Waals surface area contributed by atoms with Crippen LogP contribution in [0.15, 0.2) is 30.7 Å². The van der Waals surface area contributed by atoms with Gasteiger partial charge in [0.05, 0.1) is 6.61 Å². The van der Waals surface area contributed by atoms with Crippen LogP contribution in [0.1, 0.15) is 36.0 Å². The van der Waals surface area contributed by atoms with Crippen molar-refractivity contribution in [3.05, 3.63) is 53.4 Å². The molecule has 0 saturated carbocycles. The van der Waals surface area contributed by atoms with Gasteiger partial charge in [0.2, 0.25) is 0 Å². The lowest BCUT2D eigenvalue weighted by Gasteiger charge is -2.07. The minimum atomic E-state index is 0.00483. The Morgan fingerprint density at radius 3 is 2.67 bits per heavy atom. The van der Waals surface area contributed by atoms with Gasteiger partial charge < -0.3 is 5.11 Å². The Balaban J connectivity index is 2.21. The van der Waals surface area contributed by atoms with E-state index in [9.17, 15) is 5.11 Å². The highest BCUT2D eigenvalue weighted by atomic mass is 16.3. The number of nitrogens with zero attached hydrogens (tertiary/aromatic N) is 3. The molecule has 2 heterocycles. The zero-order chi connectivity index (χ0) is 12.8. The van der Waals surface area contributed by atoms with Crippen molar-refractivity contribution in [1.82, 2.24) is 15.0 Å². The van der Waals surface area contributed by atoms with Crippen molar-refractivity contribution in [3.63, 3.8) is 0 Å². The van der Waals surface area contributed by atoms with Gasteiger partial charge in [0.15, 0.2) is 0 Å². The Hall–Kier alpha value is -1.81. The molecular weight excluding hydrogens is 226 g/mol. The number of aliphatic hydroxyl groups is 1. The molecule has 0 saturated heterocycles. The molecule has 0 aromatic carbocycles. The molecule has 1 N–H and O–H groups in total. The van der Waals surface area contributed by atoms with Crippen molar-refractivity contribution in [3.8, 4) is 0 Å². The topological polar surface area (TPSA) is 58.9 Å². The third kappa shape index (κ3) is 3.11. The van der Waals surface area contributed by atoms with E-state index in [-0.39, 0.29) is 6.61 Å². The highest BCUT2D eigenvalue weighted by Gasteiger charge is 2.06.